The second-order valence-corrected chi connectivity index (χ2v) is 3.61. The van der Waals surface area contributed by atoms with Crippen LogP contribution in [0.3, 0.4) is 0 Å². The van der Waals surface area contributed by atoms with Crippen LogP contribution in [0.5, 0.6) is 0 Å². The fraction of sp³-hybridized carbons (Fsp3) is 0.700. The second kappa shape index (κ2) is 5.81. The van der Waals surface area contributed by atoms with E-state index in [-0.39, 0.29) is 12.3 Å². The third-order valence-corrected chi connectivity index (χ3v) is 1.58. The number of carboxylic acids is 1. The molecule has 2 heteroatoms. The molecule has 12 heavy (non-hydrogen) atoms. The van der Waals surface area contributed by atoms with Gasteiger partial charge < -0.3 is 5.11 Å². The lowest BCUT2D eigenvalue weighted by atomic mass is 10.0. The van der Waals surface area contributed by atoms with Gasteiger partial charge in [-0.2, -0.15) is 0 Å². The summed E-state index contributed by atoms with van der Waals surface area (Å²) in [6.45, 7) is 6.18. The molecule has 0 spiro atoms. The first-order valence-corrected chi connectivity index (χ1v) is 4.40. The summed E-state index contributed by atoms with van der Waals surface area (Å²) in [5.41, 5.74) is 0. The van der Waals surface area contributed by atoms with Crippen molar-refractivity contribution in [2.45, 2.75) is 33.6 Å². The Labute approximate surface area is 74.3 Å². The number of carbonyl (C=O) groups is 1. The number of hydrogen-bond acceptors (Lipinski definition) is 1. The van der Waals surface area contributed by atoms with Crippen LogP contribution in [0.2, 0.25) is 0 Å². The summed E-state index contributed by atoms with van der Waals surface area (Å²) in [5, 5.41) is 8.47. The number of hydrogen-bond donors (Lipinski definition) is 1. The van der Waals surface area contributed by atoms with Crippen LogP contribution in [0.25, 0.3) is 0 Å². The highest BCUT2D eigenvalue weighted by molar-refractivity contribution is 5.66. The van der Waals surface area contributed by atoms with E-state index in [0.29, 0.717) is 5.92 Å². The van der Waals surface area contributed by atoms with Crippen molar-refractivity contribution in [3.05, 3.63) is 12.2 Å². The van der Waals surface area contributed by atoms with Gasteiger partial charge in [0.2, 0.25) is 0 Å². The molecule has 1 atom stereocenters. The second-order valence-electron chi connectivity index (χ2n) is 3.61. The van der Waals surface area contributed by atoms with E-state index < -0.39 is 5.97 Å². The lowest BCUT2D eigenvalue weighted by molar-refractivity contribution is -0.137. The van der Waals surface area contributed by atoms with E-state index in [1.165, 1.54) is 0 Å². The van der Waals surface area contributed by atoms with Gasteiger partial charge in [-0.25, -0.2) is 0 Å². The quantitative estimate of drug-likeness (QED) is 0.644. The average Bonchev–Trinajstić information content (AvgIpc) is 1.84. The standard InChI is InChI=1S/C10H18O2/c1-8(2)5-4-6-9(3)7-10(11)12/h4-5,8-9H,6-7H2,1-3H3,(H,11,12)/b5-4+/t9-/m1/s1. The maximum atomic E-state index is 10.3. The van der Waals surface area contributed by atoms with Crippen LogP contribution in [-0.2, 0) is 4.79 Å². The van der Waals surface area contributed by atoms with Crippen molar-refractivity contribution >= 4 is 5.97 Å². The third-order valence-electron chi connectivity index (χ3n) is 1.58. The minimum atomic E-state index is -0.708. The third kappa shape index (κ3) is 7.32. The molecule has 0 aromatic rings. The predicted octanol–water partition coefficient (Wildman–Crippen LogP) is 2.70. The smallest absolute Gasteiger partial charge is 0.303 e. The molecule has 0 aliphatic rings. The number of rotatable bonds is 5. The molecule has 0 bridgehead atoms. The van der Waals surface area contributed by atoms with Crippen molar-refractivity contribution in [3.8, 4) is 0 Å². The SMILES string of the molecule is CC(C)/C=C/C[C@@H](C)CC(=O)O. The van der Waals surface area contributed by atoms with Gasteiger partial charge in [-0.3, -0.25) is 4.79 Å². The minimum Gasteiger partial charge on any atom is -0.481 e. The van der Waals surface area contributed by atoms with Crippen molar-refractivity contribution in [1.82, 2.24) is 0 Å². The monoisotopic (exact) mass is 170 g/mol. The molecule has 0 aromatic carbocycles. The summed E-state index contributed by atoms with van der Waals surface area (Å²) in [6.07, 6.45) is 5.31. The molecule has 0 amide bonds. The highest BCUT2D eigenvalue weighted by Gasteiger charge is 2.04. The predicted molar refractivity (Wildman–Crippen MR) is 50.0 cm³/mol. The molecule has 0 unspecified atom stereocenters. The minimum absolute atomic E-state index is 0.248. The van der Waals surface area contributed by atoms with Crippen LogP contribution < -0.4 is 0 Å². The van der Waals surface area contributed by atoms with Crippen LogP contribution >= 0.6 is 0 Å². The molecule has 0 aliphatic heterocycles. The molecule has 0 rings (SSSR count). The Morgan fingerprint density at radius 1 is 1.42 bits per heavy atom. The van der Waals surface area contributed by atoms with Gasteiger partial charge in [-0.05, 0) is 18.3 Å². The normalized spacial score (nSPS) is 14.0. The Kier molecular flexibility index (Phi) is 5.43. The Hall–Kier alpha value is -0.790. The Morgan fingerprint density at radius 2 is 2.00 bits per heavy atom. The van der Waals surface area contributed by atoms with E-state index in [1.54, 1.807) is 0 Å². The average molecular weight is 170 g/mol. The largest absolute Gasteiger partial charge is 0.481 e. The molecule has 2 nitrogen and oxygen atoms in total. The summed E-state index contributed by atoms with van der Waals surface area (Å²) >= 11 is 0. The summed E-state index contributed by atoms with van der Waals surface area (Å²) in [7, 11) is 0. The molecule has 0 fully saturated rings. The first-order chi connectivity index (χ1) is 5.52. The molecule has 0 aromatic heterocycles. The van der Waals surface area contributed by atoms with Crippen molar-refractivity contribution in [3.63, 3.8) is 0 Å². The van der Waals surface area contributed by atoms with E-state index in [2.05, 4.69) is 26.0 Å². The Balaban J connectivity index is 3.56. The molecule has 0 aliphatic carbocycles. The summed E-state index contributed by atoms with van der Waals surface area (Å²) in [6, 6.07) is 0. The molecule has 0 radical (unpaired) electrons. The van der Waals surface area contributed by atoms with Crippen molar-refractivity contribution in [1.29, 1.82) is 0 Å². The molecular weight excluding hydrogens is 152 g/mol. The highest BCUT2D eigenvalue weighted by Crippen LogP contribution is 2.08. The zero-order valence-electron chi connectivity index (χ0n) is 8.08. The number of carboxylic acid groups (broad SMARTS) is 1. The van der Waals surface area contributed by atoms with E-state index in [9.17, 15) is 4.79 Å². The van der Waals surface area contributed by atoms with Gasteiger partial charge in [-0.15, -0.1) is 0 Å². The molecule has 0 saturated heterocycles. The number of allylic oxidation sites excluding steroid dienone is 2. The Morgan fingerprint density at radius 3 is 2.42 bits per heavy atom. The van der Waals surface area contributed by atoms with E-state index >= 15 is 0 Å². The maximum Gasteiger partial charge on any atom is 0.303 e. The lowest BCUT2D eigenvalue weighted by Crippen LogP contribution is -2.02. The summed E-state index contributed by atoms with van der Waals surface area (Å²) in [5.74, 6) is 0.0972. The fourth-order valence-electron chi connectivity index (χ4n) is 0.964. The van der Waals surface area contributed by atoms with Gasteiger partial charge in [0.05, 0.1) is 0 Å². The maximum absolute atomic E-state index is 10.3. The first kappa shape index (κ1) is 11.2. The van der Waals surface area contributed by atoms with Crippen LogP contribution in [0.1, 0.15) is 33.6 Å². The van der Waals surface area contributed by atoms with E-state index in [1.807, 2.05) is 6.92 Å². The van der Waals surface area contributed by atoms with Gasteiger partial charge in [-0.1, -0.05) is 32.9 Å². The van der Waals surface area contributed by atoms with Gasteiger partial charge in [0, 0.05) is 6.42 Å². The molecule has 1 N–H and O–H groups in total. The molecule has 0 heterocycles. The summed E-state index contributed by atoms with van der Waals surface area (Å²) in [4.78, 5) is 10.3. The first-order valence-electron chi connectivity index (χ1n) is 4.40. The zero-order chi connectivity index (χ0) is 9.56. The van der Waals surface area contributed by atoms with Gasteiger partial charge in [0.25, 0.3) is 0 Å². The van der Waals surface area contributed by atoms with Crippen molar-refractivity contribution < 1.29 is 9.90 Å². The Bertz CT molecular complexity index is 159. The van der Waals surface area contributed by atoms with Crippen LogP contribution in [-0.4, -0.2) is 11.1 Å². The summed E-state index contributed by atoms with van der Waals surface area (Å²) < 4.78 is 0. The van der Waals surface area contributed by atoms with E-state index in [4.69, 9.17) is 5.11 Å². The topological polar surface area (TPSA) is 37.3 Å². The lowest BCUT2D eigenvalue weighted by Gasteiger charge is -2.03. The van der Waals surface area contributed by atoms with E-state index in [0.717, 1.165) is 6.42 Å². The van der Waals surface area contributed by atoms with Crippen LogP contribution in [0.15, 0.2) is 12.2 Å². The zero-order valence-corrected chi connectivity index (χ0v) is 8.08. The molecular formula is C10H18O2. The van der Waals surface area contributed by atoms with Gasteiger partial charge >= 0.3 is 5.97 Å². The van der Waals surface area contributed by atoms with Crippen LogP contribution in [0.4, 0.5) is 0 Å². The van der Waals surface area contributed by atoms with Gasteiger partial charge in [0.1, 0.15) is 0 Å². The van der Waals surface area contributed by atoms with Crippen LogP contribution in [0, 0.1) is 11.8 Å². The number of aliphatic carboxylic acids is 1. The van der Waals surface area contributed by atoms with Gasteiger partial charge in [0.15, 0.2) is 0 Å². The molecule has 0 saturated carbocycles. The van der Waals surface area contributed by atoms with Crippen molar-refractivity contribution in [2.24, 2.45) is 11.8 Å². The fourth-order valence-corrected chi connectivity index (χ4v) is 0.964. The highest BCUT2D eigenvalue weighted by atomic mass is 16.4. The molecule has 70 valence electrons. The van der Waals surface area contributed by atoms with Crippen molar-refractivity contribution in [2.75, 3.05) is 0 Å².